The molecule has 0 spiro atoms. The van der Waals surface area contributed by atoms with Crippen LogP contribution < -0.4 is 5.73 Å². The zero-order valence-corrected chi connectivity index (χ0v) is 22.5. The van der Waals surface area contributed by atoms with Crippen LogP contribution in [0, 0.1) is 0 Å². The van der Waals surface area contributed by atoms with Crippen LogP contribution in [-0.2, 0) is 6.42 Å². The molecular weight excluding hydrogens is 524 g/mol. The number of nitrogens with two attached hydrogens (primary N) is 1. The van der Waals surface area contributed by atoms with Crippen LogP contribution in [0.25, 0.3) is 39.8 Å². The van der Waals surface area contributed by atoms with Crippen molar-refractivity contribution in [2.75, 3.05) is 5.73 Å². The van der Waals surface area contributed by atoms with Crippen LogP contribution >= 0.6 is 0 Å². The van der Waals surface area contributed by atoms with Crippen LogP contribution in [0.3, 0.4) is 0 Å². The summed E-state index contributed by atoms with van der Waals surface area (Å²) in [5.74, 6) is 2.05. The van der Waals surface area contributed by atoms with Gasteiger partial charge in [-0.05, 0) is 66.4 Å². The molecule has 42 heavy (non-hydrogen) atoms. The van der Waals surface area contributed by atoms with Crippen molar-refractivity contribution in [3.8, 4) is 22.9 Å². The summed E-state index contributed by atoms with van der Waals surface area (Å²) in [7, 11) is 0. The largest absolute Gasteiger partial charge is 0.383 e. The normalized spacial score (nSPS) is 16.8. The smallest absolute Gasteiger partial charge is 0.251 e. The number of benzene rings is 2. The summed E-state index contributed by atoms with van der Waals surface area (Å²) in [6, 6.07) is 26.2. The summed E-state index contributed by atoms with van der Waals surface area (Å²) in [5, 5.41) is 13.1. The molecule has 1 aliphatic heterocycles. The third-order valence-electron chi connectivity index (χ3n) is 7.73. The molecule has 2 aliphatic rings. The van der Waals surface area contributed by atoms with E-state index in [9.17, 15) is 0 Å². The predicted molar refractivity (Wildman–Crippen MR) is 160 cm³/mol. The molecular formula is C32H25N10+. The van der Waals surface area contributed by atoms with E-state index in [1.807, 2.05) is 77.7 Å². The maximum absolute atomic E-state index is 6.33. The molecule has 10 heteroatoms. The monoisotopic (exact) mass is 549 g/mol. The molecule has 0 amide bonds. The number of nitrogen functional groups attached to an aromatic ring is 1. The van der Waals surface area contributed by atoms with Gasteiger partial charge in [0.25, 0.3) is 5.70 Å². The van der Waals surface area contributed by atoms with Gasteiger partial charge < -0.3 is 5.73 Å². The second-order valence-electron chi connectivity index (χ2n) is 10.3. The van der Waals surface area contributed by atoms with Crippen molar-refractivity contribution in [3.05, 3.63) is 120 Å². The molecule has 0 fully saturated rings. The Bertz CT molecular complexity index is 2050. The number of nitrogens with zero attached hydrogens (tertiary/aromatic N) is 9. The Kier molecular flexibility index (Phi) is 5.56. The maximum atomic E-state index is 6.33. The van der Waals surface area contributed by atoms with Gasteiger partial charge in [-0.1, -0.05) is 36.4 Å². The number of aromatic nitrogens is 6. The van der Waals surface area contributed by atoms with Crippen LogP contribution in [0.2, 0.25) is 0 Å². The minimum absolute atomic E-state index is 0.233. The molecule has 202 valence electrons. The highest BCUT2D eigenvalue weighted by Crippen LogP contribution is 2.36. The molecule has 0 bridgehead atoms. The molecule has 2 N–H and O–H groups in total. The lowest BCUT2D eigenvalue weighted by molar-refractivity contribution is -0.460. The average Bonchev–Trinajstić information content (AvgIpc) is 3.84. The minimum Gasteiger partial charge on any atom is -0.383 e. The number of fused-ring (bicyclic) bond motifs is 2. The van der Waals surface area contributed by atoms with Crippen molar-refractivity contribution in [1.29, 1.82) is 0 Å². The first-order valence-electron chi connectivity index (χ1n) is 13.8. The van der Waals surface area contributed by atoms with E-state index in [-0.39, 0.29) is 5.92 Å². The Morgan fingerprint density at radius 2 is 1.86 bits per heavy atom. The Balaban J connectivity index is 1.21. The van der Waals surface area contributed by atoms with Crippen LogP contribution in [-0.4, -0.2) is 40.2 Å². The first-order chi connectivity index (χ1) is 20.7. The van der Waals surface area contributed by atoms with E-state index in [4.69, 9.17) is 15.7 Å². The Labute approximate surface area is 240 Å². The van der Waals surface area contributed by atoms with E-state index in [0.29, 0.717) is 17.5 Å². The van der Waals surface area contributed by atoms with Crippen LogP contribution in [0.4, 0.5) is 5.82 Å². The van der Waals surface area contributed by atoms with Gasteiger partial charge in [0.1, 0.15) is 22.8 Å². The number of anilines is 1. The number of pyridine rings is 2. The second kappa shape index (κ2) is 9.70. The van der Waals surface area contributed by atoms with E-state index in [2.05, 4.69) is 49.4 Å². The summed E-state index contributed by atoms with van der Waals surface area (Å²) >= 11 is 0. The van der Waals surface area contributed by atoms with Gasteiger partial charge in [-0.2, -0.15) is 5.10 Å². The summed E-state index contributed by atoms with van der Waals surface area (Å²) in [4.78, 5) is 14.3. The summed E-state index contributed by atoms with van der Waals surface area (Å²) in [6.07, 6.45) is 11.4. The minimum atomic E-state index is 0.233. The van der Waals surface area contributed by atoms with Gasteiger partial charge in [-0.3, -0.25) is 4.57 Å². The molecule has 10 nitrogen and oxygen atoms in total. The fourth-order valence-electron chi connectivity index (χ4n) is 5.72. The summed E-state index contributed by atoms with van der Waals surface area (Å²) < 4.78 is 5.64. The Morgan fingerprint density at radius 3 is 2.71 bits per heavy atom. The van der Waals surface area contributed by atoms with Gasteiger partial charge in [-0.15, -0.1) is 4.68 Å². The maximum Gasteiger partial charge on any atom is 0.251 e. The van der Waals surface area contributed by atoms with E-state index >= 15 is 0 Å². The number of imidazole rings is 1. The molecule has 0 saturated carbocycles. The molecule has 8 rings (SSSR count). The van der Waals surface area contributed by atoms with Gasteiger partial charge >= 0.3 is 0 Å². The van der Waals surface area contributed by atoms with E-state index in [1.165, 1.54) is 11.1 Å². The topological polar surface area (TPSA) is 115 Å². The SMILES string of the molecule is Nc1ncccc1-c1nc2ccc(-n3cccn3)nc2n1-c1ccc2c(c1)CCC2/C=[N+]1/C=C(c2ccccc2)N=N1. The fourth-order valence-corrected chi connectivity index (χ4v) is 5.72. The van der Waals surface area contributed by atoms with E-state index in [0.717, 1.165) is 46.5 Å². The molecule has 4 aromatic heterocycles. The number of aryl methyl sites for hydroxylation is 1. The van der Waals surface area contributed by atoms with E-state index < -0.39 is 0 Å². The predicted octanol–water partition coefficient (Wildman–Crippen LogP) is 5.74. The van der Waals surface area contributed by atoms with Crippen molar-refractivity contribution in [1.82, 2.24) is 29.3 Å². The quantitative estimate of drug-likeness (QED) is 0.275. The highest BCUT2D eigenvalue weighted by molar-refractivity contribution is 5.83. The van der Waals surface area contributed by atoms with Crippen LogP contribution in [0.1, 0.15) is 29.0 Å². The first-order valence-corrected chi connectivity index (χ1v) is 13.8. The summed E-state index contributed by atoms with van der Waals surface area (Å²) in [6.45, 7) is 0. The van der Waals surface area contributed by atoms with Crippen molar-refractivity contribution in [2.45, 2.75) is 18.8 Å². The average molecular weight is 550 g/mol. The van der Waals surface area contributed by atoms with Crippen molar-refractivity contribution in [2.24, 2.45) is 10.3 Å². The molecule has 0 saturated heterocycles. The molecule has 5 heterocycles. The molecule has 1 aliphatic carbocycles. The molecule has 1 atom stereocenters. The van der Waals surface area contributed by atoms with Gasteiger partial charge in [0.2, 0.25) is 0 Å². The number of hydrogen-bond donors (Lipinski definition) is 1. The third kappa shape index (κ3) is 4.08. The highest BCUT2D eigenvalue weighted by Gasteiger charge is 2.27. The third-order valence-corrected chi connectivity index (χ3v) is 7.73. The van der Waals surface area contributed by atoms with Crippen molar-refractivity contribution in [3.63, 3.8) is 0 Å². The van der Waals surface area contributed by atoms with Crippen LogP contribution in [0.5, 0.6) is 0 Å². The Hall–Kier alpha value is -5.77. The van der Waals surface area contributed by atoms with Crippen LogP contribution in [0.15, 0.2) is 114 Å². The number of rotatable bonds is 5. The van der Waals surface area contributed by atoms with Gasteiger partial charge in [-0.25, -0.2) is 19.6 Å². The second-order valence-corrected chi connectivity index (χ2v) is 10.3. The highest BCUT2D eigenvalue weighted by atomic mass is 15.5. The number of hydrogen-bond acceptors (Lipinski definition) is 7. The zero-order chi connectivity index (χ0) is 28.0. The standard InChI is InChI=1S/C32H25N10/c33-30-26(8-4-15-34-30)31-36-27-13-14-29(41-17-5-16-35-41)37-32(27)42(31)24-11-12-25-22(18-24)9-10-23(25)19-40-20-28(38-39-40)21-6-2-1-3-7-21/h1-8,11-20,23H,9-10H2,(H2,33,34)/q+1/b40-19-. The lowest BCUT2D eigenvalue weighted by atomic mass is 10.0. The van der Waals surface area contributed by atoms with Crippen molar-refractivity contribution >= 4 is 28.9 Å². The van der Waals surface area contributed by atoms with Gasteiger partial charge in [0.05, 0.1) is 10.7 Å². The van der Waals surface area contributed by atoms with Gasteiger partial charge in [0, 0.05) is 35.8 Å². The van der Waals surface area contributed by atoms with E-state index in [1.54, 1.807) is 17.1 Å². The lowest BCUT2D eigenvalue weighted by Gasteiger charge is -2.13. The van der Waals surface area contributed by atoms with Crippen molar-refractivity contribution < 1.29 is 4.68 Å². The Morgan fingerprint density at radius 1 is 0.929 bits per heavy atom. The lowest BCUT2D eigenvalue weighted by Crippen LogP contribution is -2.05. The molecule has 2 aromatic carbocycles. The molecule has 6 aromatic rings. The zero-order valence-electron chi connectivity index (χ0n) is 22.5. The fraction of sp³-hybridized carbons (Fsp3) is 0.0938. The molecule has 1 unspecified atom stereocenters. The first kappa shape index (κ1) is 24.1. The molecule has 0 radical (unpaired) electrons. The summed E-state index contributed by atoms with van der Waals surface area (Å²) in [5.41, 5.74) is 14.0. The van der Waals surface area contributed by atoms with Gasteiger partial charge in [0.15, 0.2) is 23.5 Å².